The average molecular weight is 439 g/mol. The van der Waals surface area contributed by atoms with Crippen LogP contribution in [0.3, 0.4) is 0 Å². The first-order chi connectivity index (χ1) is 14.4. The lowest BCUT2D eigenvalue weighted by atomic mass is 9.52. The van der Waals surface area contributed by atoms with Crippen molar-refractivity contribution in [2.75, 3.05) is 6.61 Å². The molecule has 0 saturated heterocycles. The molecule has 0 spiro atoms. The molecule has 6 heteroatoms. The van der Waals surface area contributed by atoms with Gasteiger partial charge in [0.1, 0.15) is 5.60 Å². The van der Waals surface area contributed by atoms with Crippen molar-refractivity contribution in [3.05, 3.63) is 0 Å². The molecule has 4 aliphatic rings. The van der Waals surface area contributed by atoms with Crippen LogP contribution in [0.5, 0.6) is 0 Å². The maximum Gasteiger partial charge on any atom is 0.337 e. The van der Waals surface area contributed by atoms with Gasteiger partial charge in [-0.2, -0.15) is 0 Å². The minimum atomic E-state index is -0.679. The van der Waals surface area contributed by atoms with Gasteiger partial charge in [-0.1, -0.05) is 20.8 Å². The van der Waals surface area contributed by atoms with Crippen molar-refractivity contribution in [2.24, 2.45) is 23.2 Å². The van der Waals surface area contributed by atoms with Crippen LogP contribution in [-0.4, -0.2) is 42.1 Å². The summed E-state index contributed by atoms with van der Waals surface area (Å²) in [6.07, 6.45) is 5.00. The third-order valence-corrected chi connectivity index (χ3v) is 7.40. The zero-order valence-corrected chi connectivity index (χ0v) is 20.5. The summed E-state index contributed by atoms with van der Waals surface area (Å²) in [7, 11) is 0. The Bertz CT molecular complexity index is 655. The van der Waals surface area contributed by atoms with Crippen molar-refractivity contribution >= 4 is 11.9 Å². The van der Waals surface area contributed by atoms with E-state index in [-0.39, 0.29) is 5.97 Å². The molecule has 0 radical (unpaired) electrons. The van der Waals surface area contributed by atoms with Gasteiger partial charge in [0.25, 0.3) is 0 Å². The molecule has 0 heterocycles. The number of esters is 2. The lowest BCUT2D eigenvalue weighted by Gasteiger charge is -2.61. The second-order valence-electron chi connectivity index (χ2n) is 11.4. The van der Waals surface area contributed by atoms with Gasteiger partial charge in [0.15, 0.2) is 12.4 Å². The van der Waals surface area contributed by atoms with E-state index < -0.39 is 35.0 Å². The highest BCUT2D eigenvalue weighted by Gasteiger charge is 2.61. The normalized spacial score (nSPS) is 33.9. The molecular weight excluding hydrogens is 396 g/mol. The van der Waals surface area contributed by atoms with Gasteiger partial charge in [0.2, 0.25) is 0 Å². The number of carbonyl (C=O) groups excluding carboxylic acids is 2. The van der Waals surface area contributed by atoms with E-state index >= 15 is 0 Å². The first-order valence-corrected chi connectivity index (χ1v) is 12.1. The Kier molecular flexibility index (Phi) is 7.12. The molecule has 0 amide bonds. The molecule has 4 rings (SSSR count). The standard InChI is InChI=1S/C25H42O6/c1-8-23(6,7)22(27)31-25-12-19-9-20(13-25)11-24(10-19,15-25)30-17(4)21(26)29-18(5)28-14-16(2)3/h16-20H,8-15H2,1-7H3. The van der Waals surface area contributed by atoms with Crippen molar-refractivity contribution in [2.45, 2.75) is 117 Å². The van der Waals surface area contributed by atoms with E-state index in [4.69, 9.17) is 18.9 Å². The Hall–Kier alpha value is -1.14. The van der Waals surface area contributed by atoms with E-state index in [1.807, 2.05) is 20.8 Å². The minimum absolute atomic E-state index is 0.115. The molecular formula is C25H42O6. The Labute approximate surface area is 187 Å². The quantitative estimate of drug-likeness (QED) is 0.352. The predicted molar refractivity (Wildman–Crippen MR) is 117 cm³/mol. The first-order valence-electron chi connectivity index (χ1n) is 12.1. The highest BCUT2D eigenvalue weighted by molar-refractivity contribution is 5.76. The summed E-state index contributed by atoms with van der Waals surface area (Å²) >= 11 is 0. The van der Waals surface area contributed by atoms with Gasteiger partial charge in [0, 0.05) is 6.42 Å². The zero-order valence-electron chi connectivity index (χ0n) is 20.5. The van der Waals surface area contributed by atoms with Gasteiger partial charge >= 0.3 is 11.9 Å². The maximum absolute atomic E-state index is 12.9. The summed E-state index contributed by atoms with van der Waals surface area (Å²) in [5.74, 6) is 0.824. The number of ether oxygens (including phenoxy) is 4. The van der Waals surface area contributed by atoms with E-state index in [9.17, 15) is 9.59 Å². The summed E-state index contributed by atoms with van der Waals surface area (Å²) in [6, 6.07) is 0. The third kappa shape index (κ3) is 5.62. The van der Waals surface area contributed by atoms with E-state index in [2.05, 4.69) is 13.8 Å². The Morgan fingerprint density at radius 3 is 2.13 bits per heavy atom. The maximum atomic E-state index is 12.9. The molecule has 0 aliphatic heterocycles. The SMILES string of the molecule is CCC(C)(C)C(=O)OC12CC3CC(C1)CC(OC(C)C(=O)OC(C)OCC(C)C)(C3)C2. The average Bonchev–Trinajstić information content (AvgIpc) is 2.64. The van der Waals surface area contributed by atoms with Gasteiger partial charge < -0.3 is 18.9 Å². The van der Waals surface area contributed by atoms with Crippen LogP contribution < -0.4 is 0 Å². The molecule has 0 aromatic rings. The summed E-state index contributed by atoms with van der Waals surface area (Å²) in [5.41, 5.74) is -1.35. The number of hydrogen-bond donors (Lipinski definition) is 0. The van der Waals surface area contributed by atoms with Crippen LogP contribution in [0.1, 0.15) is 93.4 Å². The van der Waals surface area contributed by atoms with Crippen molar-refractivity contribution < 1.29 is 28.5 Å². The summed E-state index contributed by atoms with van der Waals surface area (Å²) in [5, 5.41) is 0. The first kappa shape index (κ1) is 24.5. The van der Waals surface area contributed by atoms with E-state index in [0.29, 0.717) is 30.8 Å². The van der Waals surface area contributed by atoms with Gasteiger partial charge in [0.05, 0.1) is 17.6 Å². The largest absolute Gasteiger partial charge is 0.459 e. The van der Waals surface area contributed by atoms with Crippen LogP contribution in [0.2, 0.25) is 0 Å². The lowest BCUT2D eigenvalue weighted by Crippen LogP contribution is -2.62. The molecule has 0 aromatic carbocycles. The van der Waals surface area contributed by atoms with E-state index in [0.717, 1.165) is 32.1 Å². The van der Waals surface area contributed by atoms with Crippen LogP contribution in [0.4, 0.5) is 0 Å². The minimum Gasteiger partial charge on any atom is -0.459 e. The van der Waals surface area contributed by atoms with Crippen molar-refractivity contribution in [1.29, 1.82) is 0 Å². The Morgan fingerprint density at radius 1 is 1.00 bits per heavy atom. The topological polar surface area (TPSA) is 71.1 Å². The van der Waals surface area contributed by atoms with Crippen molar-refractivity contribution in [3.63, 3.8) is 0 Å². The summed E-state index contributed by atoms with van der Waals surface area (Å²) < 4.78 is 23.7. The predicted octanol–water partition coefficient (Wildman–Crippen LogP) is 5.02. The number of carbonyl (C=O) groups is 2. The van der Waals surface area contributed by atoms with E-state index in [1.54, 1.807) is 13.8 Å². The van der Waals surface area contributed by atoms with E-state index in [1.165, 1.54) is 6.42 Å². The Balaban J connectivity index is 1.65. The highest BCUT2D eigenvalue weighted by atomic mass is 16.7. The fourth-order valence-electron chi connectivity index (χ4n) is 5.88. The number of hydrogen-bond acceptors (Lipinski definition) is 6. The van der Waals surface area contributed by atoms with Gasteiger partial charge in [-0.3, -0.25) is 4.79 Å². The van der Waals surface area contributed by atoms with Crippen LogP contribution in [0, 0.1) is 23.2 Å². The second-order valence-corrected chi connectivity index (χ2v) is 11.4. The van der Waals surface area contributed by atoms with Crippen molar-refractivity contribution in [1.82, 2.24) is 0 Å². The van der Waals surface area contributed by atoms with Crippen LogP contribution in [0.15, 0.2) is 0 Å². The highest BCUT2D eigenvalue weighted by Crippen LogP contribution is 2.60. The van der Waals surface area contributed by atoms with Crippen molar-refractivity contribution in [3.8, 4) is 0 Å². The number of rotatable bonds is 10. The van der Waals surface area contributed by atoms with Crippen LogP contribution in [0.25, 0.3) is 0 Å². The summed E-state index contributed by atoms with van der Waals surface area (Å²) in [4.78, 5) is 25.5. The molecule has 4 unspecified atom stereocenters. The molecule has 4 bridgehead atoms. The molecule has 4 saturated carbocycles. The van der Waals surface area contributed by atoms with Gasteiger partial charge in [-0.25, -0.2) is 4.79 Å². The Morgan fingerprint density at radius 2 is 1.58 bits per heavy atom. The second kappa shape index (κ2) is 9.01. The molecule has 4 atom stereocenters. The van der Waals surface area contributed by atoms with Crippen LogP contribution in [-0.2, 0) is 28.5 Å². The molecule has 4 fully saturated rings. The van der Waals surface area contributed by atoms with Gasteiger partial charge in [-0.15, -0.1) is 0 Å². The molecule has 6 nitrogen and oxygen atoms in total. The molecule has 0 aromatic heterocycles. The molecule has 31 heavy (non-hydrogen) atoms. The lowest BCUT2D eigenvalue weighted by molar-refractivity contribution is -0.252. The third-order valence-electron chi connectivity index (χ3n) is 7.40. The fraction of sp³-hybridized carbons (Fsp3) is 0.920. The monoisotopic (exact) mass is 438 g/mol. The van der Waals surface area contributed by atoms with Gasteiger partial charge in [-0.05, 0) is 84.0 Å². The summed E-state index contributed by atoms with van der Waals surface area (Å²) in [6.45, 7) is 14.1. The fourth-order valence-corrected chi connectivity index (χ4v) is 5.88. The zero-order chi connectivity index (χ0) is 23.0. The van der Waals surface area contributed by atoms with Crippen LogP contribution >= 0.6 is 0 Å². The smallest absolute Gasteiger partial charge is 0.337 e. The molecule has 0 N–H and O–H groups in total. The molecule has 4 aliphatic carbocycles. The molecule has 178 valence electrons.